The first kappa shape index (κ1) is 14.3. The van der Waals surface area contributed by atoms with Gasteiger partial charge < -0.3 is 15.2 Å². The number of hydrogen-bond donors (Lipinski definition) is 2. The molecule has 0 bridgehead atoms. The summed E-state index contributed by atoms with van der Waals surface area (Å²) in [6.45, 7) is 5.91. The number of amides is 1. The standard InChI is InChI=1S/C13H20ClN3O2/c1-8-7-15-6-5-11(8)16-12(18)4-3-10-9(2)17-19-13(10)14/h8,11,15H,3-7H2,1-2H3,(H,16,18). The van der Waals surface area contributed by atoms with Gasteiger partial charge in [-0.2, -0.15) is 0 Å². The molecule has 1 fully saturated rings. The molecule has 1 aromatic heterocycles. The number of carbonyl (C=O) groups excluding carboxylic acids is 1. The molecule has 2 atom stereocenters. The number of aryl methyl sites for hydroxylation is 1. The number of nitrogens with zero attached hydrogens (tertiary/aromatic N) is 1. The Morgan fingerprint density at radius 2 is 2.42 bits per heavy atom. The molecule has 1 saturated heterocycles. The maximum absolute atomic E-state index is 11.9. The van der Waals surface area contributed by atoms with Gasteiger partial charge in [0.2, 0.25) is 11.1 Å². The monoisotopic (exact) mass is 285 g/mol. The lowest BCUT2D eigenvalue weighted by Gasteiger charge is -2.30. The van der Waals surface area contributed by atoms with E-state index >= 15 is 0 Å². The van der Waals surface area contributed by atoms with Gasteiger partial charge in [0.1, 0.15) is 0 Å². The molecule has 1 amide bonds. The Bertz CT molecular complexity index is 428. The SMILES string of the molecule is Cc1noc(Cl)c1CCC(=O)NC1CCNCC1C. The number of nitrogens with one attached hydrogen (secondary N) is 2. The Kier molecular flexibility index (Phi) is 4.82. The smallest absolute Gasteiger partial charge is 0.229 e. The Hall–Kier alpha value is -1.07. The minimum absolute atomic E-state index is 0.0652. The number of piperidine rings is 1. The third-order valence-electron chi connectivity index (χ3n) is 3.67. The number of aromatic nitrogens is 1. The van der Waals surface area contributed by atoms with Crippen molar-refractivity contribution in [2.75, 3.05) is 13.1 Å². The number of carbonyl (C=O) groups is 1. The molecule has 0 saturated carbocycles. The van der Waals surface area contributed by atoms with Crippen LogP contribution in [0.5, 0.6) is 0 Å². The first-order valence-corrected chi connectivity index (χ1v) is 7.06. The van der Waals surface area contributed by atoms with E-state index in [0.29, 0.717) is 24.0 Å². The quantitative estimate of drug-likeness (QED) is 0.883. The van der Waals surface area contributed by atoms with Gasteiger partial charge in [0.25, 0.3) is 0 Å². The molecule has 1 aromatic rings. The maximum atomic E-state index is 11.9. The lowest BCUT2D eigenvalue weighted by atomic mass is 9.95. The number of halogens is 1. The first-order valence-electron chi connectivity index (χ1n) is 6.68. The fourth-order valence-electron chi connectivity index (χ4n) is 2.39. The second kappa shape index (κ2) is 6.39. The summed E-state index contributed by atoms with van der Waals surface area (Å²) in [5.41, 5.74) is 1.59. The van der Waals surface area contributed by atoms with Crippen LogP contribution in [0.4, 0.5) is 0 Å². The van der Waals surface area contributed by atoms with Crippen LogP contribution in [0.15, 0.2) is 4.52 Å². The van der Waals surface area contributed by atoms with E-state index in [0.717, 1.165) is 30.8 Å². The van der Waals surface area contributed by atoms with Crippen molar-refractivity contribution in [3.05, 3.63) is 16.5 Å². The molecule has 6 heteroatoms. The molecular formula is C13H20ClN3O2. The first-order chi connectivity index (χ1) is 9.08. The highest BCUT2D eigenvalue weighted by Gasteiger charge is 2.22. The van der Waals surface area contributed by atoms with Crippen molar-refractivity contribution < 1.29 is 9.32 Å². The topological polar surface area (TPSA) is 67.2 Å². The summed E-state index contributed by atoms with van der Waals surface area (Å²) < 4.78 is 4.87. The maximum Gasteiger partial charge on any atom is 0.229 e. The molecule has 2 N–H and O–H groups in total. The van der Waals surface area contributed by atoms with Crippen molar-refractivity contribution in [2.45, 2.75) is 39.2 Å². The molecule has 1 aliphatic heterocycles. The summed E-state index contributed by atoms with van der Waals surface area (Å²) in [5, 5.41) is 10.5. The van der Waals surface area contributed by atoms with Gasteiger partial charge in [-0.15, -0.1) is 0 Å². The average molecular weight is 286 g/mol. The Morgan fingerprint density at radius 1 is 1.63 bits per heavy atom. The molecule has 0 aliphatic carbocycles. The predicted molar refractivity (Wildman–Crippen MR) is 73.2 cm³/mol. The van der Waals surface area contributed by atoms with Crippen molar-refractivity contribution in [3.63, 3.8) is 0 Å². The molecule has 19 heavy (non-hydrogen) atoms. The second-order valence-corrected chi connectivity index (χ2v) is 5.51. The van der Waals surface area contributed by atoms with Crippen molar-refractivity contribution in [1.82, 2.24) is 15.8 Å². The van der Waals surface area contributed by atoms with Crippen LogP contribution in [0.2, 0.25) is 5.22 Å². The van der Waals surface area contributed by atoms with Gasteiger partial charge in [-0.05, 0) is 50.4 Å². The molecule has 0 aromatic carbocycles. The third-order valence-corrected chi connectivity index (χ3v) is 3.97. The summed E-state index contributed by atoms with van der Waals surface area (Å²) in [6.07, 6.45) is 1.97. The molecule has 2 rings (SSSR count). The predicted octanol–water partition coefficient (Wildman–Crippen LogP) is 1.68. The average Bonchev–Trinajstić information content (AvgIpc) is 2.70. The largest absolute Gasteiger partial charge is 0.353 e. The molecule has 1 aliphatic rings. The number of rotatable bonds is 4. The van der Waals surface area contributed by atoms with Crippen LogP contribution in [0.3, 0.4) is 0 Å². The molecule has 2 unspecified atom stereocenters. The van der Waals surface area contributed by atoms with Gasteiger partial charge in [-0.25, -0.2) is 0 Å². The van der Waals surface area contributed by atoms with E-state index in [9.17, 15) is 4.79 Å². The van der Waals surface area contributed by atoms with Gasteiger partial charge >= 0.3 is 0 Å². The zero-order valence-corrected chi connectivity index (χ0v) is 12.1. The summed E-state index contributed by atoms with van der Waals surface area (Å²) in [6, 6.07) is 0.271. The molecular weight excluding hydrogens is 266 g/mol. The minimum atomic E-state index is 0.0652. The van der Waals surface area contributed by atoms with Gasteiger partial charge in [0, 0.05) is 18.0 Å². The van der Waals surface area contributed by atoms with Crippen LogP contribution >= 0.6 is 11.6 Å². The van der Waals surface area contributed by atoms with E-state index in [1.165, 1.54) is 0 Å². The summed E-state index contributed by atoms with van der Waals surface area (Å²) in [7, 11) is 0. The highest BCUT2D eigenvalue weighted by Crippen LogP contribution is 2.20. The lowest BCUT2D eigenvalue weighted by molar-refractivity contribution is -0.122. The Balaban J connectivity index is 1.81. The zero-order valence-electron chi connectivity index (χ0n) is 11.3. The van der Waals surface area contributed by atoms with Crippen LogP contribution in [-0.4, -0.2) is 30.2 Å². The summed E-state index contributed by atoms with van der Waals surface area (Å²) in [4.78, 5) is 11.9. The van der Waals surface area contributed by atoms with E-state index in [4.69, 9.17) is 16.1 Å². The van der Waals surface area contributed by atoms with E-state index in [-0.39, 0.29) is 11.9 Å². The van der Waals surface area contributed by atoms with Crippen LogP contribution in [-0.2, 0) is 11.2 Å². The van der Waals surface area contributed by atoms with Crippen molar-refractivity contribution in [2.24, 2.45) is 5.92 Å². The van der Waals surface area contributed by atoms with E-state index in [2.05, 4.69) is 22.7 Å². The third kappa shape index (κ3) is 3.70. The van der Waals surface area contributed by atoms with Crippen molar-refractivity contribution >= 4 is 17.5 Å². The molecule has 106 valence electrons. The van der Waals surface area contributed by atoms with Crippen LogP contribution in [0.1, 0.15) is 31.0 Å². The molecule has 0 spiro atoms. The van der Waals surface area contributed by atoms with E-state index in [1.54, 1.807) is 0 Å². The highest BCUT2D eigenvalue weighted by atomic mass is 35.5. The van der Waals surface area contributed by atoms with Gasteiger partial charge in [-0.1, -0.05) is 12.1 Å². The summed E-state index contributed by atoms with van der Waals surface area (Å²) >= 11 is 5.87. The van der Waals surface area contributed by atoms with Gasteiger partial charge in [0.15, 0.2) is 0 Å². The normalized spacial score (nSPS) is 23.3. The fraction of sp³-hybridized carbons (Fsp3) is 0.692. The van der Waals surface area contributed by atoms with E-state index in [1.807, 2.05) is 6.92 Å². The minimum Gasteiger partial charge on any atom is -0.353 e. The van der Waals surface area contributed by atoms with Crippen LogP contribution in [0, 0.1) is 12.8 Å². The molecule has 0 radical (unpaired) electrons. The lowest BCUT2D eigenvalue weighted by Crippen LogP contribution is -2.48. The summed E-state index contributed by atoms with van der Waals surface area (Å²) in [5.74, 6) is 0.536. The van der Waals surface area contributed by atoms with Gasteiger partial charge in [0.05, 0.1) is 5.69 Å². The highest BCUT2D eigenvalue weighted by molar-refractivity contribution is 6.29. The van der Waals surface area contributed by atoms with E-state index < -0.39 is 0 Å². The van der Waals surface area contributed by atoms with Crippen LogP contribution in [0.25, 0.3) is 0 Å². The van der Waals surface area contributed by atoms with Crippen molar-refractivity contribution in [3.8, 4) is 0 Å². The Labute approximate surface area is 118 Å². The second-order valence-electron chi connectivity index (χ2n) is 5.16. The Morgan fingerprint density at radius 3 is 3.05 bits per heavy atom. The van der Waals surface area contributed by atoms with Gasteiger partial charge in [-0.3, -0.25) is 4.79 Å². The number of hydrogen-bond acceptors (Lipinski definition) is 4. The van der Waals surface area contributed by atoms with Crippen molar-refractivity contribution in [1.29, 1.82) is 0 Å². The molecule has 5 nitrogen and oxygen atoms in total. The molecule has 2 heterocycles. The fourth-order valence-corrected chi connectivity index (χ4v) is 2.65. The van der Waals surface area contributed by atoms with Crippen LogP contribution < -0.4 is 10.6 Å². The zero-order chi connectivity index (χ0) is 13.8.